The van der Waals surface area contributed by atoms with E-state index in [4.69, 9.17) is 11.6 Å². The summed E-state index contributed by atoms with van der Waals surface area (Å²) in [6, 6.07) is 16.1. The molecule has 2 N–H and O–H groups in total. The van der Waals surface area contributed by atoms with E-state index in [0.29, 0.717) is 16.7 Å². The summed E-state index contributed by atoms with van der Waals surface area (Å²) in [5.74, 6) is 0.805. The minimum absolute atomic E-state index is 0.161. The highest BCUT2D eigenvalue weighted by atomic mass is 35.5. The molecular weight excluding hydrogens is 442 g/mol. The highest BCUT2D eigenvalue weighted by Gasteiger charge is 2.15. The van der Waals surface area contributed by atoms with Crippen LogP contribution in [0.2, 0.25) is 5.02 Å². The number of anilines is 3. The van der Waals surface area contributed by atoms with E-state index < -0.39 is 10.0 Å². The molecule has 0 atom stereocenters. The Bertz CT molecular complexity index is 1240. The van der Waals surface area contributed by atoms with Gasteiger partial charge in [-0.15, -0.1) is 11.3 Å². The molecule has 2 heterocycles. The van der Waals surface area contributed by atoms with Gasteiger partial charge in [-0.1, -0.05) is 23.7 Å². The zero-order chi connectivity index (χ0) is 21.1. The highest BCUT2D eigenvalue weighted by Crippen LogP contribution is 2.23. The first-order valence-electron chi connectivity index (χ1n) is 8.97. The van der Waals surface area contributed by atoms with Crippen LogP contribution >= 0.6 is 22.9 Å². The number of sulfonamides is 1. The Morgan fingerprint density at radius 3 is 2.50 bits per heavy atom. The SMILES string of the molecule is Cc1cc(Nc2ccc(S(=O)(=O)Nc3nccs3)cc2)n(Cc2ccc(Cl)cc2)n1. The van der Waals surface area contributed by atoms with E-state index in [1.165, 1.54) is 11.3 Å². The lowest BCUT2D eigenvalue weighted by Crippen LogP contribution is -2.12. The van der Waals surface area contributed by atoms with Crippen molar-refractivity contribution in [3.05, 3.63) is 82.5 Å². The molecule has 0 saturated carbocycles. The van der Waals surface area contributed by atoms with Crippen LogP contribution in [0.1, 0.15) is 11.3 Å². The summed E-state index contributed by atoms with van der Waals surface area (Å²) in [5.41, 5.74) is 2.69. The van der Waals surface area contributed by atoms with Crippen molar-refractivity contribution >= 4 is 49.6 Å². The largest absolute Gasteiger partial charge is 0.340 e. The van der Waals surface area contributed by atoms with Crippen LogP contribution in [0.25, 0.3) is 0 Å². The predicted molar refractivity (Wildman–Crippen MR) is 120 cm³/mol. The number of rotatable bonds is 7. The van der Waals surface area contributed by atoms with Crippen LogP contribution in [0, 0.1) is 6.92 Å². The van der Waals surface area contributed by atoms with E-state index in [0.717, 1.165) is 22.8 Å². The molecule has 0 aliphatic rings. The number of hydrogen-bond acceptors (Lipinski definition) is 6. The first kappa shape index (κ1) is 20.4. The molecule has 154 valence electrons. The number of thiazole rings is 1. The quantitative estimate of drug-likeness (QED) is 0.410. The van der Waals surface area contributed by atoms with Crippen LogP contribution in [0.3, 0.4) is 0 Å². The van der Waals surface area contributed by atoms with E-state index in [-0.39, 0.29) is 4.90 Å². The number of aromatic nitrogens is 3. The van der Waals surface area contributed by atoms with Crippen LogP contribution in [0.5, 0.6) is 0 Å². The van der Waals surface area contributed by atoms with Gasteiger partial charge in [-0.25, -0.2) is 18.1 Å². The molecule has 2 aromatic heterocycles. The molecule has 0 spiro atoms. The minimum atomic E-state index is -3.68. The summed E-state index contributed by atoms with van der Waals surface area (Å²) in [4.78, 5) is 4.11. The molecule has 0 bridgehead atoms. The maximum absolute atomic E-state index is 12.5. The van der Waals surface area contributed by atoms with Crippen molar-refractivity contribution < 1.29 is 8.42 Å². The topological polar surface area (TPSA) is 88.9 Å². The number of benzene rings is 2. The molecule has 0 aliphatic heterocycles. The van der Waals surface area contributed by atoms with Crippen molar-refractivity contribution in [2.45, 2.75) is 18.4 Å². The predicted octanol–water partition coefficient (Wildman–Crippen LogP) is 4.89. The van der Waals surface area contributed by atoms with E-state index >= 15 is 0 Å². The second-order valence-electron chi connectivity index (χ2n) is 6.55. The lowest BCUT2D eigenvalue weighted by atomic mass is 10.2. The van der Waals surface area contributed by atoms with Crippen molar-refractivity contribution in [2.24, 2.45) is 0 Å². The van der Waals surface area contributed by atoms with E-state index in [1.807, 2.05) is 41.9 Å². The second-order valence-corrected chi connectivity index (χ2v) is 9.56. The van der Waals surface area contributed by atoms with Gasteiger partial charge in [0.1, 0.15) is 5.82 Å². The van der Waals surface area contributed by atoms with Gasteiger partial charge in [0.2, 0.25) is 0 Å². The Morgan fingerprint density at radius 2 is 1.83 bits per heavy atom. The molecule has 7 nitrogen and oxygen atoms in total. The lowest BCUT2D eigenvalue weighted by Gasteiger charge is -2.11. The van der Waals surface area contributed by atoms with Crippen molar-refractivity contribution in [3.63, 3.8) is 0 Å². The van der Waals surface area contributed by atoms with Gasteiger partial charge in [-0.3, -0.25) is 4.72 Å². The first-order valence-corrected chi connectivity index (χ1v) is 11.7. The third kappa shape index (κ3) is 4.81. The fourth-order valence-electron chi connectivity index (χ4n) is 2.84. The molecular formula is C20H18ClN5O2S2. The Morgan fingerprint density at radius 1 is 1.10 bits per heavy atom. The number of nitrogens with zero attached hydrogens (tertiary/aromatic N) is 3. The van der Waals surface area contributed by atoms with Gasteiger partial charge in [-0.05, 0) is 48.9 Å². The van der Waals surface area contributed by atoms with Gasteiger partial charge in [0, 0.05) is 28.4 Å². The average molecular weight is 460 g/mol. The van der Waals surface area contributed by atoms with Gasteiger partial charge in [0.15, 0.2) is 5.13 Å². The third-order valence-electron chi connectivity index (χ3n) is 4.24. The van der Waals surface area contributed by atoms with Gasteiger partial charge in [0.25, 0.3) is 10.0 Å². The monoisotopic (exact) mass is 459 g/mol. The molecule has 0 radical (unpaired) electrons. The average Bonchev–Trinajstić information content (AvgIpc) is 3.33. The Kier molecular flexibility index (Phi) is 5.76. The van der Waals surface area contributed by atoms with Crippen molar-refractivity contribution in [1.29, 1.82) is 0 Å². The standard InChI is InChI=1S/C20H18ClN5O2S2/c1-14-12-19(26(24-14)13-15-2-4-16(21)5-3-15)23-17-6-8-18(9-7-17)30(27,28)25-20-22-10-11-29-20/h2-12,23H,13H2,1H3,(H,22,25). The van der Waals surface area contributed by atoms with E-state index in [9.17, 15) is 8.42 Å². The zero-order valence-corrected chi connectivity index (χ0v) is 18.3. The molecule has 0 aliphatic carbocycles. The van der Waals surface area contributed by atoms with Gasteiger partial charge in [-0.2, -0.15) is 5.10 Å². The number of aryl methyl sites for hydroxylation is 1. The normalized spacial score (nSPS) is 11.4. The van der Waals surface area contributed by atoms with Crippen LogP contribution in [0.4, 0.5) is 16.6 Å². The van der Waals surface area contributed by atoms with Crippen molar-refractivity contribution in [3.8, 4) is 0 Å². The Balaban J connectivity index is 1.50. The molecule has 0 amide bonds. The van der Waals surface area contributed by atoms with Crippen molar-refractivity contribution in [1.82, 2.24) is 14.8 Å². The lowest BCUT2D eigenvalue weighted by molar-refractivity contribution is 0.601. The highest BCUT2D eigenvalue weighted by molar-refractivity contribution is 7.93. The molecule has 10 heteroatoms. The molecule has 0 saturated heterocycles. The van der Waals surface area contributed by atoms with Crippen LogP contribution in [-0.2, 0) is 16.6 Å². The zero-order valence-electron chi connectivity index (χ0n) is 15.9. The first-order chi connectivity index (χ1) is 14.4. The molecule has 4 aromatic rings. The summed E-state index contributed by atoms with van der Waals surface area (Å²) >= 11 is 7.18. The molecule has 0 unspecified atom stereocenters. The summed E-state index contributed by atoms with van der Waals surface area (Å²) in [6.45, 7) is 2.50. The Hall–Kier alpha value is -2.88. The second kappa shape index (κ2) is 8.47. The van der Waals surface area contributed by atoms with E-state index in [2.05, 4.69) is 20.1 Å². The smallest absolute Gasteiger partial charge is 0.263 e. The van der Waals surface area contributed by atoms with Gasteiger partial charge < -0.3 is 5.32 Å². The number of halogens is 1. The number of nitrogens with one attached hydrogen (secondary N) is 2. The molecule has 2 aromatic carbocycles. The third-order valence-corrected chi connectivity index (χ3v) is 6.66. The summed E-state index contributed by atoms with van der Waals surface area (Å²) < 4.78 is 29.2. The van der Waals surface area contributed by atoms with Crippen LogP contribution in [-0.4, -0.2) is 23.2 Å². The van der Waals surface area contributed by atoms with Gasteiger partial charge in [0.05, 0.1) is 17.1 Å². The molecule has 0 fully saturated rings. The van der Waals surface area contributed by atoms with Gasteiger partial charge >= 0.3 is 0 Å². The number of hydrogen-bond donors (Lipinski definition) is 2. The van der Waals surface area contributed by atoms with Crippen LogP contribution in [0.15, 0.2) is 71.1 Å². The minimum Gasteiger partial charge on any atom is -0.340 e. The fraction of sp³-hybridized carbons (Fsp3) is 0.100. The van der Waals surface area contributed by atoms with Crippen molar-refractivity contribution in [2.75, 3.05) is 10.0 Å². The summed E-state index contributed by atoms with van der Waals surface area (Å²) in [6.07, 6.45) is 1.55. The molecule has 30 heavy (non-hydrogen) atoms. The molecule has 4 rings (SSSR count). The van der Waals surface area contributed by atoms with Crippen LogP contribution < -0.4 is 10.0 Å². The Labute approximate surface area is 183 Å². The fourth-order valence-corrected chi connectivity index (χ4v) is 4.76. The van der Waals surface area contributed by atoms with E-state index in [1.54, 1.807) is 35.8 Å². The summed E-state index contributed by atoms with van der Waals surface area (Å²) in [5, 5.41) is 10.6. The summed E-state index contributed by atoms with van der Waals surface area (Å²) in [7, 11) is -3.68. The maximum atomic E-state index is 12.5. The maximum Gasteiger partial charge on any atom is 0.263 e.